The molecule has 2 aromatic rings. The van der Waals surface area contributed by atoms with Crippen LogP contribution in [-0.4, -0.2) is 59.9 Å². The van der Waals surface area contributed by atoms with Gasteiger partial charge >= 0.3 is 5.97 Å². The zero-order chi connectivity index (χ0) is 20.1. The Labute approximate surface area is 163 Å². The number of hydrogen-bond acceptors (Lipinski definition) is 4. The summed E-state index contributed by atoms with van der Waals surface area (Å²) in [5, 5.41) is 8.76. The van der Waals surface area contributed by atoms with Crippen LogP contribution >= 0.6 is 0 Å². The first-order valence-corrected chi connectivity index (χ1v) is 9.26. The summed E-state index contributed by atoms with van der Waals surface area (Å²) < 4.78 is 32.1. The lowest BCUT2D eigenvalue weighted by molar-refractivity contribution is -0.149. The van der Waals surface area contributed by atoms with Gasteiger partial charge in [-0.3, -0.25) is 9.80 Å². The molecule has 0 bridgehead atoms. The number of benzene rings is 2. The fourth-order valence-corrected chi connectivity index (χ4v) is 3.56. The lowest BCUT2D eigenvalue weighted by Crippen LogP contribution is -2.51. The van der Waals surface area contributed by atoms with Crippen molar-refractivity contribution in [1.29, 1.82) is 0 Å². The second kappa shape index (κ2) is 9.23. The average Bonchev–Trinajstić information content (AvgIpc) is 2.70. The summed E-state index contributed by atoms with van der Waals surface area (Å²) in [5.74, 6) is -1.58. The second-order valence-corrected chi connectivity index (χ2v) is 6.88. The van der Waals surface area contributed by atoms with Gasteiger partial charge in [-0.25, -0.2) is 13.6 Å². The molecule has 0 aromatic heterocycles. The van der Waals surface area contributed by atoms with Crippen molar-refractivity contribution in [2.45, 2.75) is 19.2 Å². The van der Waals surface area contributed by atoms with E-state index < -0.39 is 5.97 Å². The number of carboxylic acids is 1. The Morgan fingerprint density at radius 3 is 1.79 bits per heavy atom. The highest BCUT2D eigenvalue weighted by atomic mass is 19.1. The maximum absolute atomic E-state index is 13.4. The van der Waals surface area contributed by atoms with Crippen LogP contribution < -0.4 is 0 Å². The number of nitrogens with zero attached hydrogens (tertiary/aromatic N) is 2. The smallest absolute Gasteiger partial charge is 0.329 e. The van der Waals surface area contributed by atoms with Crippen LogP contribution in [0.3, 0.4) is 0 Å². The van der Waals surface area contributed by atoms with Crippen molar-refractivity contribution in [2.24, 2.45) is 0 Å². The van der Waals surface area contributed by atoms with Crippen LogP contribution in [0.2, 0.25) is 0 Å². The fourth-order valence-electron chi connectivity index (χ4n) is 3.56. The molecule has 0 aliphatic carbocycles. The van der Waals surface area contributed by atoms with Gasteiger partial charge in [-0.1, -0.05) is 24.3 Å². The minimum Gasteiger partial charge on any atom is -0.480 e. The molecule has 1 fully saturated rings. The molecule has 28 heavy (non-hydrogen) atoms. The SMILES string of the molecule is CC(OCC(=O)O)N1CCN(C(c2ccc(F)cc2)c2ccc(F)cc2)CC1. The Kier molecular flexibility index (Phi) is 6.72. The summed E-state index contributed by atoms with van der Waals surface area (Å²) in [7, 11) is 0. The first kappa shape index (κ1) is 20.4. The molecule has 1 unspecified atom stereocenters. The van der Waals surface area contributed by atoms with E-state index in [4.69, 9.17) is 9.84 Å². The van der Waals surface area contributed by atoms with E-state index in [1.54, 1.807) is 24.3 Å². The molecule has 0 saturated carbocycles. The van der Waals surface area contributed by atoms with E-state index in [-0.39, 0.29) is 30.5 Å². The molecule has 1 heterocycles. The van der Waals surface area contributed by atoms with Gasteiger partial charge in [0.2, 0.25) is 0 Å². The number of ether oxygens (including phenoxy) is 1. The summed E-state index contributed by atoms with van der Waals surface area (Å²) in [6.45, 7) is 4.38. The van der Waals surface area contributed by atoms with Gasteiger partial charge in [-0.2, -0.15) is 0 Å². The molecule has 1 saturated heterocycles. The Hall–Kier alpha value is -2.35. The van der Waals surface area contributed by atoms with Gasteiger partial charge < -0.3 is 9.84 Å². The quantitative estimate of drug-likeness (QED) is 0.787. The van der Waals surface area contributed by atoms with Gasteiger partial charge in [0.25, 0.3) is 0 Å². The molecule has 2 aromatic carbocycles. The number of hydrogen-bond donors (Lipinski definition) is 1. The first-order chi connectivity index (χ1) is 13.4. The van der Waals surface area contributed by atoms with Crippen LogP contribution in [0.15, 0.2) is 48.5 Å². The van der Waals surface area contributed by atoms with Crippen molar-refractivity contribution in [2.75, 3.05) is 32.8 Å². The molecule has 150 valence electrons. The molecular formula is C21H24F2N2O3. The first-order valence-electron chi connectivity index (χ1n) is 9.26. The van der Waals surface area contributed by atoms with Crippen LogP contribution in [0, 0.1) is 11.6 Å². The number of halogens is 2. The molecule has 1 aliphatic rings. The third kappa shape index (κ3) is 5.13. The van der Waals surface area contributed by atoms with E-state index in [1.807, 2.05) is 6.92 Å². The Morgan fingerprint density at radius 1 is 0.929 bits per heavy atom. The van der Waals surface area contributed by atoms with Gasteiger partial charge in [0.15, 0.2) is 0 Å². The number of rotatable bonds is 7. The predicted octanol–water partition coefficient (Wildman–Crippen LogP) is 3.12. The van der Waals surface area contributed by atoms with Crippen molar-refractivity contribution >= 4 is 5.97 Å². The summed E-state index contributed by atoms with van der Waals surface area (Å²) >= 11 is 0. The van der Waals surface area contributed by atoms with Crippen LogP contribution in [0.4, 0.5) is 8.78 Å². The van der Waals surface area contributed by atoms with Gasteiger partial charge in [-0.15, -0.1) is 0 Å². The van der Waals surface area contributed by atoms with Crippen LogP contribution in [0.25, 0.3) is 0 Å². The van der Waals surface area contributed by atoms with Gasteiger partial charge in [0.1, 0.15) is 24.5 Å². The fraction of sp³-hybridized carbons (Fsp3) is 0.381. The third-order valence-electron chi connectivity index (χ3n) is 5.05. The molecule has 1 aliphatic heterocycles. The van der Waals surface area contributed by atoms with Crippen molar-refractivity contribution in [1.82, 2.24) is 9.80 Å². The largest absolute Gasteiger partial charge is 0.480 e. The standard InChI is InChI=1S/C21H24F2N2O3/c1-15(28-14-20(26)27)24-10-12-25(13-11-24)21(16-2-6-18(22)7-3-16)17-4-8-19(23)9-5-17/h2-9,15,21H,10-14H2,1H3,(H,26,27). The summed E-state index contributed by atoms with van der Waals surface area (Å²) in [6.07, 6.45) is -0.284. The number of carboxylic acid groups (broad SMARTS) is 1. The zero-order valence-corrected chi connectivity index (χ0v) is 15.7. The molecule has 0 amide bonds. The molecule has 5 nitrogen and oxygen atoms in total. The Balaban J connectivity index is 1.74. The predicted molar refractivity (Wildman–Crippen MR) is 101 cm³/mol. The molecular weight excluding hydrogens is 366 g/mol. The topological polar surface area (TPSA) is 53.0 Å². The van der Waals surface area contributed by atoms with E-state index in [9.17, 15) is 13.6 Å². The number of piperazine rings is 1. The molecule has 1 N–H and O–H groups in total. The van der Waals surface area contributed by atoms with Crippen LogP contribution in [0.1, 0.15) is 24.1 Å². The molecule has 0 radical (unpaired) electrons. The monoisotopic (exact) mass is 390 g/mol. The van der Waals surface area contributed by atoms with Gasteiger partial charge in [0.05, 0.1) is 6.04 Å². The molecule has 3 rings (SSSR count). The lowest BCUT2D eigenvalue weighted by Gasteiger charge is -2.41. The maximum atomic E-state index is 13.4. The van der Waals surface area contributed by atoms with Crippen LogP contribution in [-0.2, 0) is 9.53 Å². The van der Waals surface area contributed by atoms with E-state index in [2.05, 4.69) is 9.80 Å². The minimum absolute atomic E-state index is 0.112. The minimum atomic E-state index is -0.988. The average molecular weight is 390 g/mol. The molecule has 7 heteroatoms. The lowest BCUT2D eigenvalue weighted by atomic mass is 9.96. The Bertz CT molecular complexity index is 730. The van der Waals surface area contributed by atoms with Crippen LogP contribution in [0.5, 0.6) is 0 Å². The van der Waals surface area contributed by atoms with Gasteiger partial charge in [0, 0.05) is 26.2 Å². The summed E-state index contributed by atoms with van der Waals surface area (Å²) in [5.41, 5.74) is 1.88. The highest BCUT2D eigenvalue weighted by molar-refractivity contribution is 5.68. The molecule has 0 spiro atoms. The third-order valence-corrected chi connectivity index (χ3v) is 5.05. The summed E-state index contributed by atoms with van der Waals surface area (Å²) in [4.78, 5) is 15.0. The van der Waals surface area contributed by atoms with Crippen molar-refractivity contribution in [3.8, 4) is 0 Å². The molecule has 1 atom stereocenters. The zero-order valence-electron chi connectivity index (χ0n) is 15.7. The van der Waals surface area contributed by atoms with Crippen molar-refractivity contribution < 1.29 is 23.4 Å². The highest BCUT2D eigenvalue weighted by Crippen LogP contribution is 2.30. The number of carbonyl (C=O) groups is 1. The number of aliphatic carboxylic acids is 1. The van der Waals surface area contributed by atoms with Crippen molar-refractivity contribution in [3.63, 3.8) is 0 Å². The Morgan fingerprint density at radius 2 is 1.36 bits per heavy atom. The van der Waals surface area contributed by atoms with E-state index >= 15 is 0 Å². The second-order valence-electron chi connectivity index (χ2n) is 6.88. The van der Waals surface area contributed by atoms with E-state index in [0.29, 0.717) is 13.1 Å². The van der Waals surface area contributed by atoms with E-state index in [0.717, 1.165) is 24.2 Å². The van der Waals surface area contributed by atoms with Gasteiger partial charge in [-0.05, 0) is 42.3 Å². The maximum Gasteiger partial charge on any atom is 0.329 e. The highest BCUT2D eigenvalue weighted by Gasteiger charge is 2.28. The normalized spacial score (nSPS) is 17.0. The van der Waals surface area contributed by atoms with E-state index in [1.165, 1.54) is 24.3 Å². The van der Waals surface area contributed by atoms with Crippen molar-refractivity contribution in [3.05, 3.63) is 71.3 Å². The summed E-state index contributed by atoms with van der Waals surface area (Å²) in [6, 6.07) is 12.7.